The maximum atomic E-state index is 13.0. The number of morpholine rings is 1. The second-order valence-electron chi connectivity index (χ2n) is 6.45. The van der Waals surface area contributed by atoms with Crippen molar-refractivity contribution in [3.05, 3.63) is 70.5 Å². The Kier molecular flexibility index (Phi) is 6.83. The SMILES string of the molecule is O=S(=O)(Cc1ccc(F)cc1)NCC(c1cccc(Cl)c1)N1CCOCC1. The molecule has 5 nitrogen and oxygen atoms in total. The van der Waals surface area contributed by atoms with E-state index in [1.165, 1.54) is 24.3 Å². The van der Waals surface area contributed by atoms with E-state index in [-0.39, 0.29) is 18.3 Å². The molecule has 1 heterocycles. The fraction of sp³-hybridized carbons (Fsp3) is 0.368. The van der Waals surface area contributed by atoms with Crippen LogP contribution in [-0.2, 0) is 20.5 Å². The van der Waals surface area contributed by atoms with Crippen molar-refractivity contribution in [3.8, 4) is 0 Å². The van der Waals surface area contributed by atoms with Crippen molar-refractivity contribution in [2.75, 3.05) is 32.8 Å². The number of hydrogen-bond acceptors (Lipinski definition) is 4. The summed E-state index contributed by atoms with van der Waals surface area (Å²) in [5.74, 6) is -0.587. The zero-order chi connectivity index (χ0) is 19.3. The fourth-order valence-electron chi connectivity index (χ4n) is 3.12. The normalized spacial score (nSPS) is 17.0. The Morgan fingerprint density at radius 3 is 2.52 bits per heavy atom. The van der Waals surface area contributed by atoms with Crippen molar-refractivity contribution < 1.29 is 17.5 Å². The lowest BCUT2D eigenvalue weighted by molar-refractivity contribution is 0.0172. The van der Waals surface area contributed by atoms with Crippen LogP contribution in [-0.4, -0.2) is 46.2 Å². The Bertz CT molecular complexity index is 856. The molecule has 8 heteroatoms. The number of sulfonamides is 1. The van der Waals surface area contributed by atoms with E-state index < -0.39 is 15.8 Å². The smallest absolute Gasteiger partial charge is 0.215 e. The molecule has 0 radical (unpaired) electrons. The highest BCUT2D eigenvalue weighted by Crippen LogP contribution is 2.24. The van der Waals surface area contributed by atoms with Crippen LogP contribution in [0.25, 0.3) is 0 Å². The van der Waals surface area contributed by atoms with Gasteiger partial charge in [0, 0.05) is 30.7 Å². The third-order valence-electron chi connectivity index (χ3n) is 4.49. The number of nitrogens with one attached hydrogen (secondary N) is 1. The monoisotopic (exact) mass is 412 g/mol. The molecule has 1 unspecified atom stereocenters. The molecule has 0 aromatic heterocycles. The number of halogens is 2. The summed E-state index contributed by atoms with van der Waals surface area (Å²) in [7, 11) is -3.56. The lowest BCUT2D eigenvalue weighted by Gasteiger charge is -2.35. The van der Waals surface area contributed by atoms with Crippen LogP contribution in [0.3, 0.4) is 0 Å². The molecule has 27 heavy (non-hydrogen) atoms. The van der Waals surface area contributed by atoms with E-state index in [1.807, 2.05) is 18.2 Å². The molecular formula is C19H22ClFN2O3S. The van der Waals surface area contributed by atoms with Crippen molar-refractivity contribution in [1.82, 2.24) is 9.62 Å². The van der Waals surface area contributed by atoms with Crippen LogP contribution in [0.15, 0.2) is 48.5 Å². The van der Waals surface area contributed by atoms with E-state index in [4.69, 9.17) is 16.3 Å². The third kappa shape index (κ3) is 5.99. The Morgan fingerprint density at radius 2 is 1.85 bits per heavy atom. The van der Waals surface area contributed by atoms with Crippen molar-refractivity contribution in [2.24, 2.45) is 0 Å². The molecule has 2 aromatic carbocycles. The Hall–Kier alpha value is -1.51. The summed E-state index contributed by atoms with van der Waals surface area (Å²) in [6, 6.07) is 12.8. The molecule has 3 rings (SSSR count). The third-order valence-corrected chi connectivity index (χ3v) is 6.04. The van der Waals surface area contributed by atoms with Crippen LogP contribution in [0.5, 0.6) is 0 Å². The summed E-state index contributed by atoms with van der Waals surface area (Å²) in [4.78, 5) is 2.19. The maximum absolute atomic E-state index is 13.0. The Balaban J connectivity index is 1.72. The standard InChI is InChI=1S/C19H22ClFN2O3S/c20-17-3-1-2-16(12-17)19(23-8-10-26-11-9-23)13-22-27(24,25)14-15-4-6-18(21)7-5-15/h1-7,12,19,22H,8-11,13-14H2. The van der Waals surface area contributed by atoms with Gasteiger partial charge in [-0.1, -0.05) is 35.9 Å². The van der Waals surface area contributed by atoms with Crippen molar-refractivity contribution in [2.45, 2.75) is 11.8 Å². The predicted molar refractivity (Wildman–Crippen MR) is 104 cm³/mol. The first kappa shape index (κ1) is 20.2. The highest BCUT2D eigenvalue weighted by molar-refractivity contribution is 7.88. The summed E-state index contributed by atoms with van der Waals surface area (Å²) in [6.45, 7) is 2.89. The van der Waals surface area contributed by atoms with Gasteiger partial charge in [-0.2, -0.15) is 0 Å². The quantitative estimate of drug-likeness (QED) is 0.759. The van der Waals surface area contributed by atoms with E-state index in [9.17, 15) is 12.8 Å². The summed E-state index contributed by atoms with van der Waals surface area (Å²) in [5.41, 5.74) is 1.49. The van der Waals surface area contributed by atoms with Crippen molar-refractivity contribution in [3.63, 3.8) is 0 Å². The number of rotatable bonds is 7. The topological polar surface area (TPSA) is 58.6 Å². The van der Waals surface area contributed by atoms with Gasteiger partial charge in [0.15, 0.2) is 0 Å². The lowest BCUT2D eigenvalue weighted by atomic mass is 10.1. The minimum Gasteiger partial charge on any atom is -0.379 e. The van der Waals surface area contributed by atoms with Gasteiger partial charge in [-0.3, -0.25) is 4.90 Å². The van der Waals surface area contributed by atoms with E-state index >= 15 is 0 Å². The zero-order valence-electron chi connectivity index (χ0n) is 14.8. The van der Waals surface area contributed by atoms with E-state index in [0.29, 0.717) is 23.8 Å². The molecule has 1 aliphatic rings. The van der Waals surface area contributed by atoms with Gasteiger partial charge < -0.3 is 4.74 Å². The number of hydrogen-bond donors (Lipinski definition) is 1. The van der Waals surface area contributed by atoms with Crippen molar-refractivity contribution >= 4 is 21.6 Å². The molecule has 0 saturated carbocycles. The summed E-state index contributed by atoms with van der Waals surface area (Å²) in [6.07, 6.45) is 0. The van der Waals surface area contributed by atoms with Crippen LogP contribution in [0.4, 0.5) is 4.39 Å². The Labute approximate surface area is 164 Å². The molecule has 1 atom stereocenters. The van der Waals surface area contributed by atoms with E-state index in [0.717, 1.165) is 18.7 Å². The molecule has 0 spiro atoms. The second kappa shape index (κ2) is 9.12. The summed E-state index contributed by atoms with van der Waals surface area (Å²) < 4.78 is 46.1. The molecule has 1 N–H and O–H groups in total. The minimum absolute atomic E-state index is 0.143. The van der Waals surface area contributed by atoms with E-state index in [2.05, 4.69) is 9.62 Å². The fourth-order valence-corrected chi connectivity index (χ4v) is 4.46. The molecule has 1 aliphatic heterocycles. The van der Waals surface area contributed by atoms with Gasteiger partial charge in [0.25, 0.3) is 0 Å². The predicted octanol–water partition coefficient (Wildman–Crippen LogP) is 2.97. The van der Waals surface area contributed by atoms with Crippen LogP contribution < -0.4 is 4.72 Å². The number of nitrogens with zero attached hydrogens (tertiary/aromatic N) is 1. The van der Waals surface area contributed by atoms with Gasteiger partial charge in [0.1, 0.15) is 5.82 Å². The first-order chi connectivity index (χ1) is 12.9. The largest absolute Gasteiger partial charge is 0.379 e. The minimum atomic E-state index is -3.56. The lowest BCUT2D eigenvalue weighted by Crippen LogP contribution is -2.44. The maximum Gasteiger partial charge on any atom is 0.215 e. The van der Waals surface area contributed by atoms with Gasteiger partial charge in [0.05, 0.1) is 19.0 Å². The van der Waals surface area contributed by atoms with Crippen LogP contribution in [0, 0.1) is 5.82 Å². The van der Waals surface area contributed by atoms with Crippen LogP contribution in [0.2, 0.25) is 5.02 Å². The molecule has 146 valence electrons. The van der Waals surface area contributed by atoms with Gasteiger partial charge in [-0.15, -0.1) is 0 Å². The number of ether oxygens (including phenoxy) is 1. The molecular weight excluding hydrogens is 391 g/mol. The average Bonchev–Trinajstić information content (AvgIpc) is 2.64. The number of benzene rings is 2. The Morgan fingerprint density at radius 1 is 1.15 bits per heavy atom. The van der Waals surface area contributed by atoms with Crippen LogP contribution in [0.1, 0.15) is 17.2 Å². The van der Waals surface area contributed by atoms with Gasteiger partial charge in [0.2, 0.25) is 10.0 Å². The second-order valence-corrected chi connectivity index (χ2v) is 8.70. The molecule has 0 bridgehead atoms. The molecule has 1 saturated heterocycles. The van der Waals surface area contributed by atoms with Gasteiger partial charge in [-0.05, 0) is 35.4 Å². The first-order valence-corrected chi connectivity index (χ1v) is 10.7. The van der Waals surface area contributed by atoms with Gasteiger partial charge in [-0.25, -0.2) is 17.5 Å². The summed E-state index contributed by atoms with van der Waals surface area (Å²) >= 11 is 6.13. The molecule has 1 fully saturated rings. The highest BCUT2D eigenvalue weighted by atomic mass is 35.5. The zero-order valence-corrected chi connectivity index (χ0v) is 16.3. The molecule has 2 aromatic rings. The van der Waals surface area contributed by atoms with Crippen LogP contribution >= 0.6 is 11.6 Å². The average molecular weight is 413 g/mol. The van der Waals surface area contributed by atoms with Gasteiger partial charge >= 0.3 is 0 Å². The highest BCUT2D eigenvalue weighted by Gasteiger charge is 2.24. The van der Waals surface area contributed by atoms with E-state index in [1.54, 1.807) is 6.07 Å². The summed E-state index contributed by atoms with van der Waals surface area (Å²) in [5, 5.41) is 0.611. The van der Waals surface area contributed by atoms with Crippen molar-refractivity contribution in [1.29, 1.82) is 0 Å². The molecule has 0 amide bonds. The molecule has 0 aliphatic carbocycles. The first-order valence-electron chi connectivity index (χ1n) is 8.72.